The second-order valence-corrected chi connectivity index (χ2v) is 4.15. The fraction of sp³-hybridized carbons (Fsp3) is 0.900. The molecule has 0 bridgehead atoms. The fourth-order valence-corrected chi connectivity index (χ4v) is 0.836. The van der Waals surface area contributed by atoms with Crippen molar-refractivity contribution in [3.8, 4) is 0 Å². The zero-order valence-electron chi connectivity index (χ0n) is 10.5. The molecule has 0 heterocycles. The van der Waals surface area contributed by atoms with Crippen LogP contribution in [0.15, 0.2) is 0 Å². The van der Waals surface area contributed by atoms with Gasteiger partial charge in [0, 0.05) is 12.6 Å². The summed E-state index contributed by atoms with van der Waals surface area (Å²) in [6, 6.07) is 0.396. The van der Waals surface area contributed by atoms with Crippen LogP contribution >= 0.6 is 24.8 Å². The lowest BCUT2D eigenvalue weighted by atomic mass is 10.2. The summed E-state index contributed by atoms with van der Waals surface area (Å²) in [5.41, 5.74) is 5.45. The molecule has 0 spiro atoms. The summed E-state index contributed by atoms with van der Waals surface area (Å²) in [7, 11) is 1.94. The molecule has 0 fully saturated rings. The number of hydrogen-bond donors (Lipinski definition) is 2. The highest BCUT2D eigenvalue weighted by molar-refractivity contribution is 5.85. The van der Waals surface area contributed by atoms with Crippen molar-refractivity contribution in [2.75, 3.05) is 26.7 Å². The van der Waals surface area contributed by atoms with Crippen molar-refractivity contribution in [1.82, 2.24) is 10.2 Å². The number of hydrogen-bond acceptors (Lipinski definition) is 3. The Morgan fingerprint density at radius 2 is 1.81 bits per heavy atom. The van der Waals surface area contributed by atoms with E-state index in [4.69, 9.17) is 5.73 Å². The number of likely N-dealkylation sites (N-methyl/N-ethyl adjacent to an activating group) is 1. The van der Waals surface area contributed by atoms with Crippen LogP contribution < -0.4 is 11.1 Å². The van der Waals surface area contributed by atoms with Crippen LogP contribution in [0.4, 0.5) is 0 Å². The second-order valence-electron chi connectivity index (χ2n) is 4.15. The minimum atomic E-state index is 0. The van der Waals surface area contributed by atoms with Gasteiger partial charge in [0.1, 0.15) is 0 Å². The maximum atomic E-state index is 11.4. The second kappa shape index (κ2) is 11.5. The number of nitrogens with zero attached hydrogens (tertiary/aromatic N) is 1. The van der Waals surface area contributed by atoms with Crippen LogP contribution in [-0.4, -0.2) is 43.5 Å². The zero-order valence-corrected chi connectivity index (χ0v) is 12.2. The molecule has 0 aromatic heterocycles. The first-order valence-electron chi connectivity index (χ1n) is 5.14. The molecule has 3 N–H and O–H groups in total. The number of carbonyl (C=O) groups is 1. The first-order valence-corrected chi connectivity index (χ1v) is 5.14. The molecule has 16 heavy (non-hydrogen) atoms. The molecule has 1 unspecified atom stereocenters. The van der Waals surface area contributed by atoms with Gasteiger partial charge in [0.25, 0.3) is 0 Å². The number of halogens is 2. The van der Waals surface area contributed by atoms with Gasteiger partial charge < -0.3 is 11.1 Å². The number of nitrogens with two attached hydrogens (primary N) is 1. The van der Waals surface area contributed by atoms with Gasteiger partial charge in [-0.25, -0.2) is 0 Å². The van der Waals surface area contributed by atoms with E-state index < -0.39 is 0 Å². The average molecular weight is 274 g/mol. The van der Waals surface area contributed by atoms with E-state index >= 15 is 0 Å². The Hall–Kier alpha value is -0.0300. The highest BCUT2D eigenvalue weighted by Gasteiger charge is 2.09. The standard InChI is InChI=1S/C10H23N3O.2ClH/c1-8(2)13(4)7-10(14)12-6-9(3)5-11;;/h8-9H,5-7,11H2,1-4H3,(H,12,14);2*1H. The molecular weight excluding hydrogens is 249 g/mol. The largest absolute Gasteiger partial charge is 0.355 e. The van der Waals surface area contributed by atoms with Crippen molar-refractivity contribution in [1.29, 1.82) is 0 Å². The fourth-order valence-electron chi connectivity index (χ4n) is 0.836. The average Bonchev–Trinajstić information content (AvgIpc) is 2.13. The monoisotopic (exact) mass is 273 g/mol. The first kappa shape index (κ1) is 21.3. The van der Waals surface area contributed by atoms with Gasteiger partial charge in [-0.3, -0.25) is 9.69 Å². The topological polar surface area (TPSA) is 58.4 Å². The van der Waals surface area contributed by atoms with E-state index in [9.17, 15) is 4.79 Å². The van der Waals surface area contributed by atoms with E-state index in [2.05, 4.69) is 19.2 Å². The van der Waals surface area contributed by atoms with Crippen LogP contribution in [0.1, 0.15) is 20.8 Å². The molecule has 0 aliphatic carbocycles. The van der Waals surface area contributed by atoms with Crippen LogP contribution in [0.5, 0.6) is 0 Å². The Morgan fingerprint density at radius 1 is 1.31 bits per heavy atom. The summed E-state index contributed by atoms with van der Waals surface area (Å²) < 4.78 is 0. The van der Waals surface area contributed by atoms with Crippen LogP contribution in [0, 0.1) is 5.92 Å². The number of nitrogens with one attached hydrogen (secondary N) is 1. The number of carbonyl (C=O) groups excluding carboxylic acids is 1. The molecule has 0 saturated carbocycles. The van der Waals surface area contributed by atoms with Gasteiger partial charge >= 0.3 is 0 Å². The van der Waals surface area contributed by atoms with Gasteiger partial charge in [0.2, 0.25) is 5.91 Å². The molecule has 6 heteroatoms. The summed E-state index contributed by atoms with van der Waals surface area (Å²) >= 11 is 0. The molecule has 100 valence electrons. The Balaban J connectivity index is -0.000000845. The molecule has 0 aliphatic rings. The van der Waals surface area contributed by atoms with Crippen molar-refractivity contribution in [2.45, 2.75) is 26.8 Å². The van der Waals surface area contributed by atoms with E-state index in [0.29, 0.717) is 31.6 Å². The maximum Gasteiger partial charge on any atom is 0.234 e. The van der Waals surface area contributed by atoms with E-state index in [-0.39, 0.29) is 30.7 Å². The summed E-state index contributed by atoms with van der Waals surface area (Å²) in [5, 5.41) is 2.86. The lowest BCUT2D eigenvalue weighted by Crippen LogP contribution is -2.40. The molecular formula is C10H25Cl2N3O. The molecule has 0 aliphatic heterocycles. The molecule has 0 aromatic carbocycles. The molecule has 1 amide bonds. The lowest BCUT2D eigenvalue weighted by molar-refractivity contribution is -0.122. The Bertz CT molecular complexity index is 179. The highest BCUT2D eigenvalue weighted by Crippen LogP contribution is 1.92. The molecule has 0 radical (unpaired) electrons. The summed E-state index contributed by atoms with van der Waals surface area (Å²) in [5.74, 6) is 0.421. The minimum absolute atomic E-state index is 0. The van der Waals surface area contributed by atoms with Crippen molar-refractivity contribution in [3.63, 3.8) is 0 Å². The highest BCUT2D eigenvalue weighted by atomic mass is 35.5. The Morgan fingerprint density at radius 3 is 2.19 bits per heavy atom. The van der Waals surface area contributed by atoms with Gasteiger partial charge in [-0.05, 0) is 33.4 Å². The predicted octanol–water partition coefficient (Wildman–Crippen LogP) is 0.881. The van der Waals surface area contributed by atoms with Gasteiger partial charge in [-0.2, -0.15) is 0 Å². The first-order chi connectivity index (χ1) is 6.47. The van der Waals surface area contributed by atoms with Crippen LogP contribution in [0.2, 0.25) is 0 Å². The predicted molar refractivity (Wildman–Crippen MR) is 73.5 cm³/mol. The van der Waals surface area contributed by atoms with E-state index in [0.717, 1.165) is 0 Å². The quantitative estimate of drug-likeness (QED) is 0.756. The van der Waals surface area contributed by atoms with Gasteiger partial charge in [0.15, 0.2) is 0 Å². The molecule has 1 atom stereocenters. The van der Waals surface area contributed by atoms with E-state index in [1.54, 1.807) is 0 Å². The van der Waals surface area contributed by atoms with Crippen molar-refractivity contribution < 1.29 is 4.79 Å². The third-order valence-electron chi connectivity index (χ3n) is 2.32. The summed E-state index contributed by atoms with van der Waals surface area (Å²) in [6.45, 7) is 7.88. The third kappa shape index (κ3) is 10.5. The van der Waals surface area contributed by atoms with Gasteiger partial charge in [0.05, 0.1) is 6.54 Å². The molecule has 0 saturated heterocycles. The zero-order chi connectivity index (χ0) is 11.1. The van der Waals surface area contributed by atoms with Crippen LogP contribution in [0.3, 0.4) is 0 Å². The van der Waals surface area contributed by atoms with Gasteiger partial charge in [-0.1, -0.05) is 6.92 Å². The molecule has 0 aromatic rings. The minimum Gasteiger partial charge on any atom is -0.355 e. The summed E-state index contributed by atoms with van der Waals surface area (Å²) in [4.78, 5) is 13.4. The SMILES string of the molecule is CC(CN)CNC(=O)CN(C)C(C)C.Cl.Cl. The Labute approximate surface area is 111 Å². The van der Waals surface area contributed by atoms with Crippen molar-refractivity contribution >= 4 is 30.7 Å². The molecule has 4 nitrogen and oxygen atoms in total. The van der Waals surface area contributed by atoms with E-state index in [1.165, 1.54) is 0 Å². The van der Waals surface area contributed by atoms with Gasteiger partial charge in [-0.15, -0.1) is 24.8 Å². The maximum absolute atomic E-state index is 11.4. The smallest absolute Gasteiger partial charge is 0.234 e. The Kier molecular flexibility index (Phi) is 15.2. The van der Waals surface area contributed by atoms with Crippen LogP contribution in [-0.2, 0) is 4.79 Å². The van der Waals surface area contributed by atoms with Crippen LogP contribution in [0.25, 0.3) is 0 Å². The van der Waals surface area contributed by atoms with Crippen molar-refractivity contribution in [3.05, 3.63) is 0 Å². The normalized spacial score (nSPS) is 11.7. The lowest BCUT2D eigenvalue weighted by Gasteiger charge is -2.20. The third-order valence-corrected chi connectivity index (χ3v) is 2.32. The summed E-state index contributed by atoms with van der Waals surface area (Å²) in [6.07, 6.45) is 0. The number of rotatable bonds is 6. The number of amides is 1. The van der Waals surface area contributed by atoms with Crippen molar-refractivity contribution in [2.24, 2.45) is 11.7 Å². The van der Waals surface area contributed by atoms with E-state index in [1.807, 2.05) is 18.9 Å². The molecule has 0 rings (SSSR count).